The van der Waals surface area contributed by atoms with Gasteiger partial charge in [0.1, 0.15) is 5.82 Å². The van der Waals surface area contributed by atoms with Crippen LogP contribution >= 0.6 is 0 Å². The second kappa shape index (κ2) is 8.27. The van der Waals surface area contributed by atoms with E-state index in [-0.39, 0.29) is 11.9 Å². The third-order valence-corrected chi connectivity index (χ3v) is 4.79. The van der Waals surface area contributed by atoms with Gasteiger partial charge in [0.2, 0.25) is 5.95 Å². The van der Waals surface area contributed by atoms with Crippen molar-refractivity contribution in [3.8, 4) is 0 Å². The lowest BCUT2D eigenvalue weighted by Gasteiger charge is -2.10. The monoisotopic (exact) mass is 413 g/mol. The molecule has 1 amide bonds. The van der Waals surface area contributed by atoms with Gasteiger partial charge >= 0.3 is 0 Å². The van der Waals surface area contributed by atoms with Crippen LogP contribution in [0.15, 0.2) is 54.6 Å². The highest BCUT2D eigenvalue weighted by atomic mass is 16.1. The van der Waals surface area contributed by atoms with E-state index in [2.05, 4.69) is 25.6 Å². The minimum atomic E-state index is -0.209. The van der Waals surface area contributed by atoms with Crippen molar-refractivity contribution in [2.75, 3.05) is 22.1 Å². The molecule has 4 rings (SSSR count). The Morgan fingerprint density at radius 3 is 2.39 bits per heavy atom. The van der Waals surface area contributed by atoms with Crippen molar-refractivity contribution >= 4 is 40.0 Å². The molecule has 0 radical (unpaired) electrons. The highest BCUT2D eigenvalue weighted by Gasteiger charge is 2.10. The van der Waals surface area contributed by atoms with E-state index in [1.54, 1.807) is 18.2 Å². The number of aryl methyl sites for hydroxylation is 2. The summed E-state index contributed by atoms with van der Waals surface area (Å²) in [4.78, 5) is 25.3. The lowest BCUT2D eigenvalue weighted by molar-refractivity contribution is 0.102. The molecule has 4 aromatic rings. The smallest absolute Gasteiger partial charge is 0.255 e. The molecule has 0 aliphatic heterocycles. The number of hydrogen-bond donors (Lipinski definition) is 4. The van der Waals surface area contributed by atoms with Gasteiger partial charge in [0.15, 0.2) is 0 Å². The standard InChI is InChI=1S/C23H23N7O/c1-13-9-19(24)18-11-16(5-8-20(18)27-13)22(31)29-17-6-3-15(4-7-17)12-26-21-10-14(2)28-23(25)30-21/h3-11H,12H2,1-2H3,(H2,24,27)(H,29,31)(H3,25,26,28,30). The number of nitrogens with one attached hydrogen (secondary N) is 2. The van der Waals surface area contributed by atoms with Crippen LogP contribution < -0.4 is 22.1 Å². The topological polar surface area (TPSA) is 132 Å². The third-order valence-electron chi connectivity index (χ3n) is 4.79. The van der Waals surface area contributed by atoms with Crippen molar-refractivity contribution in [1.82, 2.24) is 15.0 Å². The molecular weight excluding hydrogens is 390 g/mol. The Morgan fingerprint density at radius 2 is 1.65 bits per heavy atom. The third kappa shape index (κ3) is 4.69. The predicted molar refractivity (Wildman–Crippen MR) is 124 cm³/mol. The van der Waals surface area contributed by atoms with Crippen molar-refractivity contribution in [2.45, 2.75) is 20.4 Å². The van der Waals surface area contributed by atoms with Gasteiger partial charge in [0.05, 0.1) is 5.52 Å². The number of rotatable bonds is 5. The zero-order valence-electron chi connectivity index (χ0n) is 17.3. The number of benzene rings is 2. The van der Waals surface area contributed by atoms with E-state index in [1.165, 1.54) is 0 Å². The van der Waals surface area contributed by atoms with Crippen LogP contribution in [0, 0.1) is 13.8 Å². The molecule has 0 fully saturated rings. The molecule has 6 N–H and O–H groups in total. The number of hydrogen-bond acceptors (Lipinski definition) is 7. The number of fused-ring (bicyclic) bond motifs is 1. The van der Waals surface area contributed by atoms with Crippen LogP contribution in [0.25, 0.3) is 10.9 Å². The van der Waals surface area contributed by atoms with E-state index >= 15 is 0 Å². The van der Waals surface area contributed by atoms with Gasteiger partial charge in [0.25, 0.3) is 5.91 Å². The summed E-state index contributed by atoms with van der Waals surface area (Å²) in [6.45, 7) is 4.32. The molecule has 0 atom stereocenters. The number of nitrogens with zero attached hydrogens (tertiary/aromatic N) is 3. The summed E-state index contributed by atoms with van der Waals surface area (Å²) in [7, 11) is 0. The minimum Gasteiger partial charge on any atom is -0.398 e. The van der Waals surface area contributed by atoms with Crippen LogP contribution in [-0.2, 0) is 6.54 Å². The van der Waals surface area contributed by atoms with Gasteiger partial charge in [-0.25, -0.2) is 4.98 Å². The molecule has 0 unspecified atom stereocenters. The molecule has 0 aliphatic rings. The molecule has 0 spiro atoms. The molecule has 0 saturated heterocycles. The summed E-state index contributed by atoms with van der Waals surface area (Å²) < 4.78 is 0. The first kappa shape index (κ1) is 20.1. The maximum absolute atomic E-state index is 12.7. The molecule has 0 saturated carbocycles. The lowest BCUT2D eigenvalue weighted by Crippen LogP contribution is -2.12. The maximum atomic E-state index is 12.7. The molecule has 2 heterocycles. The van der Waals surface area contributed by atoms with E-state index in [1.807, 2.05) is 50.2 Å². The van der Waals surface area contributed by atoms with Gasteiger partial charge in [-0.3, -0.25) is 9.78 Å². The van der Waals surface area contributed by atoms with Crippen LogP contribution in [0.4, 0.5) is 23.1 Å². The lowest BCUT2D eigenvalue weighted by atomic mass is 10.1. The van der Waals surface area contributed by atoms with Crippen molar-refractivity contribution in [3.05, 3.63) is 77.1 Å². The summed E-state index contributed by atoms with van der Waals surface area (Å²) in [5.41, 5.74) is 17.0. The number of pyridine rings is 1. The Morgan fingerprint density at radius 1 is 0.903 bits per heavy atom. The zero-order valence-corrected chi connectivity index (χ0v) is 17.3. The van der Waals surface area contributed by atoms with Crippen LogP contribution in [0.1, 0.15) is 27.3 Å². The number of amides is 1. The molecule has 2 aromatic heterocycles. The molecule has 156 valence electrons. The van der Waals surface area contributed by atoms with Crippen molar-refractivity contribution in [1.29, 1.82) is 0 Å². The van der Waals surface area contributed by atoms with Crippen molar-refractivity contribution < 1.29 is 4.79 Å². The number of anilines is 4. The van der Waals surface area contributed by atoms with E-state index < -0.39 is 0 Å². The summed E-state index contributed by atoms with van der Waals surface area (Å²) >= 11 is 0. The fourth-order valence-corrected chi connectivity index (χ4v) is 3.31. The molecular formula is C23H23N7O. The zero-order chi connectivity index (χ0) is 22.0. The highest BCUT2D eigenvalue weighted by molar-refractivity contribution is 6.07. The van der Waals surface area contributed by atoms with E-state index in [0.717, 1.165) is 27.9 Å². The maximum Gasteiger partial charge on any atom is 0.255 e. The number of carbonyl (C=O) groups excluding carboxylic acids is 1. The van der Waals surface area contributed by atoms with Gasteiger partial charge < -0.3 is 22.1 Å². The summed E-state index contributed by atoms with van der Waals surface area (Å²) in [5, 5.41) is 6.89. The summed E-state index contributed by atoms with van der Waals surface area (Å²) in [5.74, 6) is 0.698. The average molecular weight is 413 g/mol. The van der Waals surface area contributed by atoms with Gasteiger partial charge in [-0.2, -0.15) is 4.98 Å². The number of aromatic nitrogens is 3. The number of nitrogen functional groups attached to an aromatic ring is 2. The SMILES string of the molecule is Cc1cc(NCc2ccc(NC(=O)c3ccc4nc(C)cc(N)c4c3)cc2)nc(N)n1. The van der Waals surface area contributed by atoms with Crippen LogP contribution in [-0.4, -0.2) is 20.9 Å². The Kier molecular flexibility index (Phi) is 5.36. The largest absolute Gasteiger partial charge is 0.398 e. The molecule has 0 bridgehead atoms. The molecule has 8 heteroatoms. The number of nitrogens with two attached hydrogens (primary N) is 2. The van der Waals surface area contributed by atoms with Crippen LogP contribution in [0.3, 0.4) is 0 Å². The second-order valence-electron chi connectivity index (χ2n) is 7.34. The fraction of sp³-hybridized carbons (Fsp3) is 0.130. The van der Waals surface area contributed by atoms with E-state index in [9.17, 15) is 4.79 Å². The Bertz CT molecular complexity index is 1250. The Balaban J connectivity index is 1.42. The van der Waals surface area contributed by atoms with Gasteiger partial charge in [-0.15, -0.1) is 0 Å². The van der Waals surface area contributed by atoms with Crippen molar-refractivity contribution in [2.24, 2.45) is 0 Å². The van der Waals surface area contributed by atoms with Gasteiger partial charge in [-0.1, -0.05) is 12.1 Å². The molecule has 2 aromatic carbocycles. The first-order valence-corrected chi connectivity index (χ1v) is 9.79. The molecule has 0 aliphatic carbocycles. The van der Waals surface area contributed by atoms with E-state index in [4.69, 9.17) is 11.5 Å². The van der Waals surface area contributed by atoms with Gasteiger partial charge in [0, 0.05) is 46.3 Å². The first-order chi connectivity index (χ1) is 14.9. The number of carbonyl (C=O) groups is 1. The average Bonchev–Trinajstić information content (AvgIpc) is 2.72. The van der Waals surface area contributed by atoms with Crippen LogP contribution in [0.5, 0.6) is 0 Å². The summed E-state index contributed by atoms with van der Waals surface area (Å²) in [6, 6.07) is 16.5. The quantitative estimate of drug-likeness (QED) is 0.392. The Hall–Kier alpha value is -4.20. The molecule has 8 nitrogen and oxygen atoms in total. The fourth-order valence-electron chi connectivity index (χ4n) is 3.31. The summed E-state index contributed by atoms with van der Waals surface area (Å²) in [6.07, 6.45) is 0. The van der Waals surface area contributed by atoms with E-state index in [0.29, 0.717) is 29.3 Å². The van der Waals surface area contributed by atoms with Crippen LogP contribution in [0.2, 0.25) is 0 Å². The normalized spacial score (nSPS) is 10.8. The first-order valence-electron chi connectivity index (χ1n) is 9.79. The Labute approximate surface area is 179 Å². The predicted octanol–water partition coefficient (Wildman–Crippen LogP) is 3.67. The molecule has 31 heavy (non-hydrogen) atoms. The van der Waals surface area contributed by atoms with Crippen molar-refractivity contribution in [3.63, 3.8) is 0 Å². The second-order valence-corrected chi connectivity index (χ2v) is 7.34. The van der Waals surface area contributed by atoms with Gasteiger partial charge in [-0.05, 0) is 55.8 Å². The minimum absolute atomic E-state index is 0.209. The highest BCUT2D eigenvalue weighted by Crippen LogP contribution is 2.22.